The van der Waals surface area contributed by atoms with Crippen LogP contribution in [0.15, 0.2) is 24.3 Å². The summed E-state index contributed by atoms with van der Waals surface area (Å²) in [5.41, 5.74) is 6.68. The van der Waals surface area contributed by atoms with Crippen LogP contribution in [0.5, 0.6) is 0 Å². The van der Waals surface area contributed by atoms with Crippen molar-refractivity contribution in [1.29, 1.82) is 0 Å². The van der Waals surface area contributed by atoms with Gasteiger partial charge in [0, 0.05) is 22.4 Å². The first kappa shape index (κ1) is 21.2. The number of pyridine rings is 1. The van der Waals surface area contributed by atoms with Gasteiger partial charge in [-0.15, -0.1) is 0 Å². The van der Waals surface area contributed by atoms with Crippen LogP contribution in [0.3, 0.4) is 0 Å². The fourth-order valence-electron chi connectivity index (χ4n) is 5.49. The van der Waals surface area contributed by atoms with Crippen molar-refractivity contribution < 1.29 is 9.90 Å². The van der Waals surface area contributed by atoms with Crippen molar-refractivity contribution in [3.63, 3.8) is 0 Å². The van der Waals surface area contributed by atoms with E-state index in [0.29, 0.717) is 11.5 Å². The van der Waals surface area contributed by atoms with E-state index in [1.54, 1.807) is 0 Å². The zero-order valence-electron chi connectivity index (χ0n) is 19.1. The van der Waals surface area contributed by atoms with E-state index >= 15 is 0 Å². The molecule has 0 unspecified atom stereocenters. The van der Waals surface area contributed by atoms with Crippen molar-refractivity contribution in [2.75, 3.05) is 0 Å². The Hall–Kier alpha value is -2.00. The van der Waals surface area contributed by atoms with Gasteiger partial charge in [0.05, 0.1) is 11.8 Å². The van der Waals surface area contributed by atoms with Crippen LogP contribution in [-0.4, -0.2) is 15.9 Å². The van der Waals surface area contributed by atoms with Gasteiger partial charge >= 0.3 is 0 Å². The maximum Gasteiger partial charge on any atom is 0.195 e. The third-order valence-electron chi connectivity index (χ3n) is 6.96. The van der Waals surface area contributed by atoms with Crippen molar-refractivity contribution in [2.45, 2.75) is 91.1 Å². The smallest absolute Gasteiger partial charge is 0.195 e. The summed E-state index contributed by atoms with van der Waals surface area (Å²) in [7, 11) is 0. The van der Waals surface area contributed by atoms with Crippen LogP contribution in [0.1, 0.15) is 122 Å². The topological polar surface area (TPSA) is 50.2 Å². The zero-order valence-corrected chi connectivity index (χ0v) is 19.1. The first-order chi connectivity index (χ1) is 14.2. The van der Waals surface area contributed by atoms with Crippen LogP contribution in [0.4, 0.5) is 0 Å². The Morgan fingerprint density at radius 3 is 2.33 bits per heavy atom. The van der Waals surface area contributed by atoms with Gasteiger partial charge in [0.25, 0.3) is 0 Å². The molecule has 0 spiro atoms. The molecule has 0 saturated heterocycles. The molecule has 0 bridgehead atoms. The second-order valence-electron chi connectivity index (χ2n) is 10.5. The molecule has 1 N–H and O–H groups in total. The summed E-state index contributed by atoms with van der Waals surface area (Å²) in [5, 5.41) is 11.2. The highest BCUT2D eigenvalue weighted by atomic mass is 16.3. The first-order valence-electron chi connectivity index (χ1n) is 11.5. The summed E-state index contributed by atoms with van der Waals surface area (Å²) in [5.74, 6) is 0.564. The highest BCUT2D eigenvalue weighted by Gasteiger charge is 2.39. The molecular weight excluding hydrogens is 370 g/mol. The van der Waals surface area contributed by atoms with Crippen LogP contribution >= 0.6 is 0 Å². The molecule has 4 rings (SSSR count). The highest BCUT2D eigenvalue weighted by Crippen LogP contribution is 2.48. The lowest BCUT2D eigenvalue weighted by atomic mass is 9.70. The van der Waals surface area contributed by atoms with E-state index in [-0.39, 0.29) is 17.1 Å². The minimum Gasteiger partial charge on any atom is -0.388 e. The summed E-state index contributed by atoms with van der Waals surface area (Å²) in [4.78, 5) is 18.9. The van der Waals surface area contributed by atoms with Crippen LogP contribution < -0.4 is 0 Å². The van der Waals surface area contributed by atoms with Gasteiger partial charge in [0.1, 0.15) is 0 Å². The lowest BCUT2D eigenvalue weighted by molar-refractivity contribution is 0.0958. The number of hydrogen-bond acceptors (Lipinski definition) is 3. The molecule has 160 valence electrons. The Kier molecular flexibility index (Phi) is 5.61. The van der Waals surface area contributed by atoms with Gasteiger partial charge in [-0.3, -0.25) is 9.78 Å². The van der Waals surface area contributed by atoms with Gasteiger partial charge in [-0.25, -0.2) is 0 Å². The van der Waals surface area contributed by atoms with E-state index in [2.05, 4.69) is 27.7 Å². The molecule has 3 heteroatoms. The summed E-state index contributed by atoms with van der Waals surface area (Å²) in [6.07, 6.45) is 5.61. The van der Waals surface area contributed by atoms with Crippen LogP contribution in [-0.2, 0) is 6.42 Å². The maximum atomic E-state index is 13.9. The Balaban J connectivity index is 1.99. The fourth-order valence-corrected chi connectivity index (χ4v) is 5.49. The molecule has 0 radical (unpaired) electrons. The van der Waals surface area contributed by atoms with E-state index in [1.165, 1.54) is 12.8 Å². The number of nitrogens with zero attached hydrogens (tertiary/aromatic N) is 1. The number of aryl methyl sites for hydroxylation is 1. The van der Waals surface area contributed by atoms with E-state index in [9.17, 15) is 9.90 Å². The molecule has 1 atom stereocenters. The van der Waals surface area contributed by atoms with Gasteiger partial charge < -0.3 is 5.11 Å². The van der Waals surface area contributed by atoms with E-state index < -0.39 is 6.10 Å². The van der Waals surface area contributed by atoms with E-state index in [1.807, 2.05) is 31.2 Å². The molecule has 30 heavy (non-hydrogen) atoms. The molecule has 0 aliphatic heterocycles. The molecule has 1 fully saturated rings. The monoisotopic (exact) mass is 405 g/mol. The summed E-state index contributed by atoms with van der Waals surface area (Å²) >= 11 is 0. The number of carbonyl (C=O) groups excluding carboxylic acids is 1. The average Bonchev–Trinajstić information content (AvgIpc) is 3.20. The Morgan fingerprint density at radius 2 is 1.73 bits per heavy atom. The number of aliphatic hydroxyl groups is 1. The number of carbonyl (C=O) groups is 1. The molecule has 0 amide bonds. The predicted molar refractivity (Wildman–Crippen MR) is 121 cm³/mol. The van der Waals surface area contributed by atoms with Gasteiger partial charge in [0.2, 0.25) is 0 Å². The lowest BCUT2D eigenvalue weighted by Gasteiger charge is -2.37. The number of aliphatic hydroxyl groups excluding tert-OH is 1. The molecule has 1 aromatic heterocycles. The number of rotatable bonds is 4. The summed E-state index contributed by atoms with van der Waals surface area (Å²) in [6, 6.07) is 7.86. The van der Waals surface area contributed by atoms with Gasteiger partial charge in [0.15, 0.2) is 5.78 Å². The van der Waals surface area contributed by atoms with E-state index in [4.69, 9.17) is 4.98 Å². The molecule has 2 aliphatic carbocycles. The van der Waals surface area contributed by atoms with Gasteiger partial charge in [-0.1, -0.05) is 70.4 Å². The van der Waals surface area contributed by atoms with Crippen molar-refractivity contribution >= 4 is 5.78 Å². The minimum absolute atomic E-state index is 0.0170. The number of benzene rings is 1. The Morgan fingerprint density at radius 1 is 1.10 bits per heavy atom. The first-order valence-corrected chi connectivity index (χ1v) is 11.5. The van der Waals surface area contributed by atoms with Gasteiger partial charge in [-0.05, 0) is 55.4 Å². The number of ketones is 1. The third kappa shape index (κ3) is 3.85. The Bertz CT molecular complexity index is 950. The second kappa shape index (κ2) is 7.92. The average molecular weight is 406 g/mol. The largest absolute Gasteiger partial charge is 0.388 e. The number of hydrogen-bond donors (Lipinski definition) is 1. The van der Waals surface area contributed by atoms with Crippen molar-refractivity contribution in [3.05, 3.63) is 63.5 Å². The Labute approximate surface area is 180 Å². The molecule has 1 heterocycles. The molecule has 1 aromatic carbocycles. The minimum atomic E-state index is -0.544. The van der Waals surface area contributed by atoms with Crippen molar-refractivity contribution in [3.8, 4) is 0 Å². The fraction of sp³-hybridized carbons (Fsp3) is 0.556. The predicted octanol–water partition coefficient (Wildman–Crippen LogP) is 6.41. The zero-order chi connectivity index (χ0) is 21.6. The normalized spacial score (nSPS) is 21.1. The number of fused-ring (bicyclic) bond motifs is 1. The number of aromatic nitrogens is 1. The highest BCUT2D eigenvalue weighted by molar-refractivity contribution is 6.11. The van der Waals surface area contributed by atoms with Gasteiger partial charge in [-0.2, -0.15) is 0 Å². The van der Waals surface area contributed by atoms with Crippen molar-refractivity contribution in [2.24, 2.45) is 5.41 Å². The molecule has 1 saturated carbocycles. The van der Waals surface area contributed by atoms with Crippen LogP contribution in [0.2, 0.25) is 0 Å². The van der Waals surface area contributed by atoms with Crippen LogP contribution in [0.25, 0.3) is 0 Å². The molecule has 3 nitrogen and oxygen atoms in total. The SMILES string of the molecule is Cc1ccc(C(=O)c2c(C(C)C)nc3c(c2C2CCCC2)[C@@H](O)CC(C)(C)C3)cc1. The maximum absolute atomic E-state index is 13.9. The quantitative estimate of drug-likeness (QED) is 0.598. The standard InChI is InChI=1S/C27H35NO2/c1-16(2)25-24(26(30)19-12-10-17(3)11-13-19)22(18-8-6-7-9-18)23-20(28-25)14-27(4,5)15-21(23)29/h10-13,16,18,21,29H,6-9,14-15H2,1-5H3/t21-/m0/s1. The van der Waals surface area contributed by atoms with Crippen molar-refractivity contribution in [1.82, 2.24) is 4.98 Å². The van der Waals surface area contributed by atoms with E-state index in [0.717, 1.165) is 59.3 Å². The summed E-state index contributed by atoms with van der Waals surface area (Å²) < 4.78 is 0. The second-order valence-corrected chi connectivity index (χ2v) is 10.5. The summed E-state index contributed by atoms with van der Waals surface area (Å²) in [6.45, 7) is 10.7. The third-order valence-corrected chi connectivity index (χ3v) is 6.96. The van der Waals surface area contributed by atoms with Crippen LogP contribution in [0, 0.1) is 12.3 Å². The lowest BCUT2D eigenvalue weighted by Crippen LogP contribution is -2.30. The molecular formula is C27H35NO2. The molecule has 2 aliphatic rings. The molecule has 2 aromatic rings.